The Morgan fingerprint density at radius 3 is 2.82 bits per heavy atom. The molecule has 3 N–H and O–H groups in total. The first-order valence-corrected chi connectivity index (χ1v) is 10.7. The van der Waals surface area contributed by atoms with Crippen molar-refractivity contribution in [3.05, 3.63) is 70.3 Å². The van der Waals surface area contributed by atoms with Crippen molar-refractivity contribution in [1.29, 1.82) is 0 Å². The number of carbonyl (C=O) groups is 2. The van der Waals surface area contributed by atoms with Crippen LogP contribution in [-0.4, -0.2) is 40.3 Å². The third kappa shape index (κ3) is 4.05. The van der Waals surface area contributed by atoms with Crippen LogP contribution in [0.3, 0.4) is 0 Å². The molecule has 170 valence electrons. The summed E-state index contributed by atoms with van der Waals surface area (Å²) in [6.07, 6.45) is 0.292. The van der Waals surface area contributed by atoms with E-state index in [9.17, 15) is 19.1 Å². The number of nitrogens with zero attached hydrogens (tertiary/aromatic N) is 1. The fourth-order valence-corrected chi connectivity index (χ4v) is 4.49. The predicted molar refractivity (Wildman–Crippen MR) is 116 cm³/mol. The summed E-state index contributed by atoms with van der Waals surface area (Å²) in [5, 5.41) is 20.7. The molecule has 1 aromatic heterocycles. The predicted octanol–water partition coefficient (Wildman–Crippen LogP) is 3.10. The first kappa shape index (κ1) is 21.4. The number of halogens is 2. The number of hydrogen-bond donors (Lipinski definition) is 3. The molecule has 1 atom stereocenters. The normalized spacial score (nSPS) is 21.5. The van der Waals surface area contributed by atoms with Crippen LogP contribution in [0.5, 0.6) is 5.75 Å². The van der Waals surface area contributed by atoms with Crippen molar-refractivity contribution >= 4 is 34.3 Å². The Kier molecular flexibility index (Phi) is 5.30. The Balaban J connectivity index is 1.20. The number of aliphatic hydroxyl groups is 1. The van der Waals surface area contributed by atoms with Crippen LogP contribution in [0.15, 0.2) is 58.3 Å². The van der Waals surface area contributed by atoms with Crippen molar-refractivity contribution in [3.8, 4) is 5.75 Å². The molecule has 2 aromatic carbocycles. The molecule has 33 heavy (non-hydrogen) atoms. The van der Waals surface area contributed by atoms with Crippen LogP contribution in [0.1, 0.15) is 29.8 Å². The second-order valence-electron chi connectivity index (χ2n) is 8.27. The standard InChI is InChI=1S/C23H19ClFN3O5/c24-15-6-5-13(7-16(15)25)32-11-19(30)26-20-12-8-23(9-12,10-18(20)29)27-22(31)21-14-3-1-2-4-17(14)28-33-21/h1-7,18,29H,8-11H2,(H,26,30)(H,27,31). The van der Waals surface area contributed by atoms with Gasteiger partial charge in [0.25, 0.3) is 11.8 Å². The van der Waals surface area contributed by atoms with Crippen molar-refractivity contribution < 1.29 is 28.3 Å². The summed E-state index contributed by atoms with van der Waals surface area (Å²) in [7, 11) is 0. The summed E-state index contributed by atoms with van der Waals surface area (Å²) in [4.78, 5) is 25.1. The molecule has 3 aromatic rings. The number of aromatic nitrogens is 1. The largest absolute Gasteiger partial charge is 0.484 e. The Labute approximate surface area is 192 Å². The van der Waals surface area contributed by atoms with Gasteiger partial charge in [0.2, 0.25) is 5.76 Å². The minimum absolute atomic E-state index is 0.0406. The lowest BCUT2D eigenvalue weighted by Crippen LogP contribution is -2.61. The average molecular weight is 472 g/mol. The number of rotatable bonds is 6. The van der Waals surface area contributed by atoms with Crippen LogP contribution in [0, 0.1) is 5.82 Å². The molecular weight excluding hydrogens is 453 g/mol. The highest BCUT2D eigenvalue weighted by Gasteiger charge is 2.50. The lowest BCUT2D eigenvalue weighted by molar-refractivity contribution is -0.123. The number of amides is 2. The maximum absolute atomic E-state index is 13.5. The maximum atomic E-state index is 13.5. The summed E-state index contributed by atoms with van der Waals surface area (Å²) >= 11 is 5.63. The minimum atomic E-state index is -0.953. The number of fused-ring (bicyclic) bond motifs is 3. The molecule has 8 nitrogen and oxygen atoms in total. The van der Waals surface area contributed by atoms with Crippen LogP contribution in [0.4, 0.5) is 4.39 Å². The monoisotopic (exact) mass is 471 g/mol. The number of aliphatic hydroxyl groups excluding tert-OH is 1. The summed E-state index contributed by atoms with van der Waals surface area (Å²) in [6, 6.07) is 11.0. The third-order valence-corrected chi connectivity index (χ3v) is 6.21. The van der Waals surface area contributed by atoms with Crippen LogP contribution < -0.4 is 15.4 Å². The topological polar surface area (TPSA) is 114 Å². The second-order valence-corrected chi connectivity index (χ2v) is 8.67. The molecule has 10 heteroatoms. The van der Waals surface area contributed by atoms with Crippen LogP contribution in [0.25, 0.3) is 10.9 Å². The van der Waals surface area contributed by atoms with Gasteiger partial charge >= 0.3 is 0 Å². The fraction of sp³-hybridized carbons (Fsp3) is 0.261. The molecule has 2 amide bonds. The van der Waals surface area contributed by atoms with E-state index in [1.165, 1.54) is 12.1 Å². The third-order valence-electron chi connectivity index (χ3n) is 5.91. The van der Waals surface area contributed by atoms with E-state index in [0.29, 0.717) is 29.4 Å². The van der Waals surface area contributed by atoms with Gasteiger partial charge in [0.05, 0.1) is 22.1 Å². The number of hydrogen-bond acceptors (Lipinski definition) is 6. The van der Waals surface area contributed by atoms with Gasteiger partial charge in [0, 0.05) is 18.2 Å². The zero-order valence-corrected chi connectivity index (χ0v) is 18.0. The van der Waals surface area contributed by atoms with Crippen molar-refractivity contribution in [2.45, 2.75) is 30.9 Å². The van der Waals surface area contributed by atoms with Crippen LogP contribution in [-0.2, 0) is 4.79 Å². The lowest BCUT2D eigenvalue weighted by atomic mass is 9.63. The zero-order chi connectivity index (χ0) is 23.2. The first-order chi connectivity index (χ1) is 15.8. The molecule has 1 unspecified atom stereocenters. The molecule has 2 bridgehead atoms. The van der Waals surface area contributed by atoms with Gasteiger partial charge in [-0.3, -0.25) is 9.59 Å². The summed E-state index contributed by atoms with van der Waals surface area (Å²) in [6.45, 7) is -0.356. The summed E-state index contributed by atoms with van der Waals surface area (Å²) < 4.78 is 24.0. The highest BCUT2D eigenvalue weighted by atomic mass is 35.5. The Morgan fingerprint density at radius 1 is 1.27 bits per heavy atom. The van der Waals surface area contributed by atoms with Crippen LogP contribution in [0.2, 0.25) is 5.02 Å². The average Bonchev–Trinajstić information content (AvgIpc) is 3.20. The van der Waals surface area contributed by atoms with Gasteiger partial charge in [-0.15, -0.1) is 0 Å². The van der Waals surface area contributed by atoms with Gasteiger partial charge in [0.1, 0.15) is 17.1 Å². The van der Waals surface area contributed by atoms with E-state index >= 15 is 0 Å². The molecular formula is C23H19ClFN3O5. The second kappa shape index (κ2) is 8.17. The molecule has 6 rings (SSSR count). The molecule has 3 aliphatic rings. The first-order valence-electron chi connectivity index (χ1n) is 10.3. The van der Waals surface area contributed by atoms with E-state index < -0.39 is 29.3 Å². The van der Waals surface area contributed by atoms with Crippen molar-refractivity contribution in [2.75, 3.05) is 6.61 Å². The minimum Gasteiger partial charge on any atom is -0.484 e. The summed E-state index contributed by atoms with van der Waals surface area (Å²) in [5.41, 5.74) is 1.26. The number of ether oxygens (including phenoxy) is 1. The molecule has 0 spiro atoms. The molecule has 0 saturated heterocycles. The maximum Gasteiger partial charge on any atom is 0.291 e. The Bertz CT molecular complexity index is 1300. The number of nitrogens with one attached hydrogen (secondary N) is 2. The fourth-order valence-electron chi connectivity index (χ4n) is 4.37. The van der Waals surface area contributed by atoms with Gasteiger partial charge in [0.15, 0.2) is 6.61 Å². The highest BCUT2D eigenvalue weighted by molar-refractivity contribution is 6.30. The highest BCUT2D eigenvalue weighted by Crippen LogP contribution is 2.48. The number of benzene rings is 2. The van der Waals surface area contributed by atoms with E-state index in [-0.39, 0.29) is 29.6 Å². The molecule has 1 heterocycles. The Morgan fingerprint density at radius 2 is 2.06 bits per heavy atom. The van der Waals surface area contributed by atoms with Crippen molar-refractivity contribution in [2.24, 2.45) is 0 Å². The van der Waals surface area contributed by atoms with Gasteiger partial charge < -0.3 is 25.0 Å². The van der Waals surface area contributed by atoms with E-state index in [2.05, 4.69) is 15.8 Å². The van der Waals surface area contributed by atoms with Gasteiger partial charge in [-0.25, -0.2) is 4.39 Å². The quantitative estimate of drug-likeness (QED) is 0.509. The molecule has 1 saturated carbocycles. The van der Waals surface area contributed by atoms with Crippen molar-refractivity contribution in [3.63, 3.8) is 0 Å². The van der Waals surface area contributed by atoms with E-state index in [4.69, 9.17) is 20.9 Å². The van der Waals surface area contributed by atoms with Gasteiger partial charge in [-0.2, -0.15) is 0 Å². The van der Waals surface area contributed by atoms with Gasteiger partial charge in [-0.05, 0) is 42.7 Å². The Hall–Kier alpha value is -3.43. The molecule has 0 aliphatic heterocycles. The zero-order valence-electron chi connectivity index (χ0n) is 17.2. The summed E-state index contributed by atoms with van der Waals surface area (Å²) in [5.74, 6) is -1.23. The smallest absolute Gasteiger partial charge is 0.291 e. The SMILES string of the molecule is O=C(COc1ccc(Cl)c(F)c1)NC1=C2CC(NC(=O)c3onc4ccccc34)(C2)CC1O. The van der Waals surface area contributed by atoms with E-state index in [1.54, 1.807) is 24.3 Å². The van der Waals surface area contributed by atoms with E-state index in [0.717, 1.165) is 11.6 Å². The van der Waals surface area contributed by atoms with Crippen LogP contribution >= 0.6 is 11.6 Å². The molecule has 3 aliphatic carbocycles. The molecule has 0 radical (unpaired) electrons. The lowest BCUT2D eigenvalue weighted by Gasteiger charge is -2.51. The van der Waals surface area contributed by atoms with Gasteiger partial charge in [-0.1, -0.05) is 28.9 Å². The van der Waals surface area contributed by atoms with Crippen molar-refractivity contribution in [1.82, 2.24) is 15.8 Å². The molecule has 1 fully saturated rings. The number of carbonyl (C=O) groups excluding carboxylic acids is 2. The van der Waals surface area contributed by atoms with E-state index in [1.807, 2.05) is 0 Å².